The van der Waals surface area contributed by atoms with Gasteiger partial charge in [-0.15, -0.1) is 0 Å². The Morgan fingerprint density at radius 3 is 2.50 bits per heavy atom. The summed E-state index contributed by atoms with van der Waals surface area (Å²) < 4.78 is 25.4. The van der Waals surface area contributed by atoms with Crippen molar-refractivity contribution in [2.24, 2.45) is 4.99 Å². The number of carbonyl (C=O) groups excluding carboxylic acids is 1. The summed E-state index contributed by atoms with van der Waals surface area (Å²) in [6.07, 6.45) is 2.50. The van der Waals surface area contributed by atoms with Gasteiger partial charge in [0.1, 0.15) is 0 Å². The highest BCUT2D eigenvalue weighted by Gasteiger charge is 2.19. The van der Waals surface area contributed by atoms with E-state index in [0.29, 0.717) is 18.9 Å². The van der Waals surface area contributed by atoms with Crippen molar-refractivity contribution in [3.05, 3.63) is 29.8 Å². The molecule has 156 valence electrons. The zero-order valence-corrected chi connectivity index (χ0v) is 17.8. The number of aliphatic imine (C=N–C) groups is 1. The van der Waals surface area contributed by atoms with E-state index in [1.807, 2.05) is 11.8 Å². The van der Waals surface area contributed by atoms with Crippen molar-refractivity contribution < 1.29 is 13.2 Å². The van der Waals surface area contributed by atoms with E-state index in [-0.39, 0.29) is 10.8 Å². The fourth-order valence-corrected chi connectivity index (χ4v) is 3.81. The van der Waals surface area contributed by atoms with Gasteiger partial charge in [-0.05, 0) is 37.5 Å². The minimum atomic E-state index is -3.41. The van der Waals surface area contributed by atoms with Gasteiger partial charge in [0.15, 0.2) is 5.96 Å². The maximum atomic E-state index is 12.1. The zero-order chi connectivity index (χ0) is 20.6. The fourth-order valence-electron chi connectivity index (χ4n) is 2.91. The van der Waals surface area contributed by atoms with Crippen LogP contribution in [-0.2, 0) is 21.4 Å². The summed E-state index contributed by atoms with van der Waals surface area (Å²) in [6, 6.07) is 6.77. The second-order valence-corrected chi connectivity index (χ2v) is 9.04. The average molecular weight is 410 g/mol. The van der Waals surface area contributed by atoms with Crippen LogP contribution in [0, 0.1) is 0 Å². The minimum Gasteiger partial charge on any atom is -0.357 e. The van der Waals surface area contributed by atoms with E-state index in [1.54, 1.807) is 24.3 Å². The molecule has 0 atom stereocenters. The molecule has 8 nitrogen and oxygen atoms in total. The SMILES string of the molecule is CCNC(=NCc1ccc(S(=O)(=O)N(C)C)cc1)NCCCN1CCCC1=O. The number of nitrogens with zero attached hydrogens (tertiary/aromatic N) is 3. The molecule has 0 unspecified atom stereocenters. The second-order valence-electron chi connectivity index (χ2n) is 6.89. The van der Waals surface area contributed by atoms with Crippen LogP contribution in [0.1, 0.15) is 31.7 Å². The number of guanidine groups is 1. The van der Waals surface area contributed by atoms with Crippen LogP contribution >= 0.6 is 0 Å². The number of benzene rings is 1. The molecule has 1 aromatic rings. The molecular weight excluding hydrogens is 378 g/mol. The number of nitrogens with one attached hydrogen (secondary N) is 2. The quantitative estimate of drug-likeness (QED) is 0.361. The highest BCUT2D eigenvalue weighted by atomic mass is 32.2. The van der Waals surface area contributed by atoms with Crippen LogP contribution in [0.4, 0.5) is 0 Å². The van der Waals surface area contributed by atoms with Crippen molar-refractivity contribution in [2.45, 2.75) is 37.6 Å². The molecule has 9 heteroatoms. The van der Waals surface area contributed by atoms with Crippen molar-refractivity contribution in [2.75, 3.05) is 40.3 Å². The Hall–Kier alpha value is -2.13. The van der Waals surface area contributed by atoms with Gasteiger partial charge in [-0.1, -0.05) is 12.1 Å². The summed E-state index contributed by atoms with van der Waals surface area (Å²) in [5, 5.41) is 6.48. The monoisotopic (exact) mass is 409 g/mol. The van der Waals surface area contributed by atoms with Gasteiger partial charge in [-0.3, -0.25) is 4.79 Å². The van der Waals surface area contributed by atoms with E-state index in [0.717, 1.165) is 44.6 Å². The first-order chi connectivity index (χ1) is 13.3. The van der Waals surface area contributed by atoms with Crippen LogP contribution in [0.5, 0.6) is 0 Å². The highest BCUT2D eigenvalue weighted by Crippen LogP contribution is 2.14. The molecule has 28 heavy (non-hydrogen) atoms. The van der Waals surface area contributed by atoms with Crippen LogP contribution in [0.3, 0.4) is 0 Å². The summed E-state index contributed by atoms with van der Waals surface area (Å²) in [4.78, 5) is 18.3. The van der Waals surface area contributed by atoms with Crippen molar-refractivity contribution >= 4 is 21.9 Å². The lowest BCUT2D eigenvalue weighted by Crippen LogP contribution is -2.39. The predicted molar refractivity (Wildman–Crippen MR) is 111 cm³/mol. The summed E-state index contributed by atoms with van der Waals surface area (Å²) in [5.41, 5.74) is 0.928. The first kappa shape index (κ1) is 22.2. The first-order valence-corrected chi connectivity index (χ1v) is 11.1. The lowest BCUT2D eigenvalue weighted by Gasteiger charge is -2.16. The molecule has 0 saturated carbocycles. The predicted octanol–water partition coefficient (Wildman–Crippen LogP) is 1.00. The Bertz CT molecular complexity index is 775. The van der Waals surface area contributed by atoms with Gasteiger partial charge in [0.25, 0.3) is 0 Å². The summed E-state index contributed by atoms with van der Waals surface area (Å²) in [7, 11) is -0.384. The van der Waals surface area contributed by atoms with Crippen LogP contribution < -0.4 is 10.6 Å². The molecule has 1 aromatic carbocycles. The molecule has 1 heterocycles. The van der Waals surface area contributed by atoms with Gasteiger partial charge >= 0.3 is 0 Å². The van der Waals surface area contributed by atoms with Crippen molar-refractivity contribution in [1.82, 2.24) is 19.8 Å². The highest BCUT2D eigenvalue weighted by molar-refractivity contribution is 7.89. The molecule has 0 radical (unpaired) electrons. The van der Waals surface area contributed by atoms with Gasteiger partial charge in [0.2, 0.25) is 15.9 Å². The van der Waals surface area contributed by atoms with E-state index in [1.165, 1.54) is 18.4 Å². The lowest BCUT2D eigenvalue weighted by atomic mass is 10.2. The number of hydrogen-bond donors (Lipinski definition) is 2. The Labute approximate surface area is 168 Å². The van der Waals surface area contributed by atoms with Crippen molar-refractivity contribution in [3.63, 3.8) is 0 Å². The third-order valence-electron chi connectivity index (χ3n) is 4.53. The summed E-state index contributed by atoms with van der Waals surface area (Å²) in [5.74, 6) is 0.959. The standard InChI is InChI=1S/C19H31N5O3S/c1-4-20-19(21-12-6-14-24-13-5-7-18(24)25)22-15-16-8-10-17(11-9-16)28(26,27)23(2)3/h8-11H,4-7,12-15H2,1-3H3,(H2,20,21,22). The molecule has 1 aliphatic heterocycles. The van der Waals surface area contributed by atoms with Crippen LogP contribution in [0.2, 0.25) is 0 Å². The van der Waals surface area contributed by atoms with Gasteiger partial charge < -0.3 is 15.5 Å². The third kappa shape index (κ3) is 6.20. The van der Waals surface area contributed by atoms with E-state index < -0.39 is 10.0 Å². The smallest absolute Gasteiger partial charge is 0.242 e. The molecule has 0 spiro atoms. The van der Waals surface area contributed by atoms with E-state index in [2.05, 4.69) is 15.6 Å². The Morgan fingerprint density at radius 1 is 1.21 bits per heavy atom. The molecule has 0 aliphatic carbocycles. The Balaban J connectivity index is 1.86. The topological polar surface area (TPSA) is 94.1 Å². The number of carbonyl (C=O) groups is 1. The molecule has 1 aliphatic rings. The zero-order valence-electron chi connectivity index (χ0n) is 16.9. The molecular formula is C19H31N5O3S. The van der Waals surface area contributed by atoms with Crippen molar-refractivity contribution in [3.8, 4) is 0 Å². The van der Waals surface area contributed by atoms with Crippen LogP contribution in [0.25, 0.3) is 0 Å². The number of rotatable bonds is 9. The fraction of sp³-hybridized carbons (Fsp3) is 0.579. The molecule has 1 amide bonds. The number of amides is 1. The largest absolute Gasteiger partial charge is 0.357 e. The van der Waals surface area contributed by atoms with E-state index >= 15 is 0 Å². The minimum absolute atomic E-state index is 0.250. The van der Waals surface area contributed by atoms with Crippen LogP contribution in [0.15, 0.2) is 34.2 Å². The Kier molecular flexibility index (Phi) is 8.25. The number of sulfonamides is 1. The van der Waals surface area contributed by atoms with Gasteiger partial charge in [-0.25, -0.2) is 17.7 Å². The average Bonchev–Trinajstić information content (AvgIpc) is 3.08. The lowest BCUT2D eigenvalue weighted by molar-refractivity contribution is -0.127. The molecule has 1 saturated heterocycles. The molecule has 1 fully saturated rings. The Morgan fingerprint density at radius 2 is 1.93 bits per heavy atom. The third-order valence-corrected chi connectivity index (χ3v) is 6.36. The van der Waals surface area contributed by atoms with E-state index in [4.69, 9.17) is 0 Å². The van der Waals surface area contributed by atoms with Gasteiger partial charge in [-0.2, -0.15) is 0 Å². The van der Waals surface area contributed by atoms with Crippen molar-refractivity contribution in [1.29, 1.82) is 0 Å². The number of hydrogen-bond acceptors (Lipinski definition) is 4. The van der Waals surface area contributed by atoms with Gasteiger partial charge in [0.05, 0.1) is 11.4 Å². The maximum Gasteiger partial charge on any atom is 0.242 e. The van der Waals surface area contributed by atoms with Crippen LogP contribution in [-0.4, -0.2) is 69.8 Å². The second kappa shape index (κ2) is 10.4. The number of likely N-dealkylation sites (tertiary alicyclic amines) is 1. The summed E-state index contributed by atoms with van der Waals surface area (Å²) in [6.45, 7) is 5.56. The molecule has 2 N–H and O–H groups in total. The van der Waals surface area contributed by atoms with E-state index in [9.17, 15) is 13.2 Å². The molecule has 0 aromatic heterocycles. The maximum absolute atomic E-state index is 12.1. The normalized spacial score (nSPS) is 15.4. The summed E-state index contributed by atoms with van der Waals surface area (Å²) >= 11 is 0. The van der Waals surface area contributed by atoms with Gasteiger partial charge in [0, 0.05) is 46.7 Å². The molecule has 2 rings (SSSR count). The first-order valence-electron chi connectivity index (χ1n) is 9.66. The molecule has 0 bridgehead atoms.